The van der Waals surface area contributed by atoms with E-state index >= 15 is 0 Å². The number of carbonyl (C=O) groups excluding carboxylic acids is 2. The van der Waals surface area contributed by atoms with Crippen molar-refractivity contribution in [2.24, 2.45) is 0 Å². The maximum absolute atomic E-state index is 12.9. The summed E-state index contributed by atoms with van der Waals surface area (Å²) in [5, 5.41) is 0. The molecule has 9 nitrogen and oxygen atoms in total. The van der Waals surface area contributed by atoms with Gasteiger partial charge in [-0.25, -0.2) is 0 Å². The zero-order chi connectivity index (χ0) is 62.6. The molecule has 0 spiro atoms. The number of unbranched alkanes of at least 4 members (excludes halogenated alkanes) is 36. The SMILES string of the molecule is CC/C=C\C/C=C\C/C=C\C/C=C\C/C=C\C/C=C\C/C=C\C/C=C\CCCCCCCCC(=O)OC(COC(=O)CCCCCCCCCCCCCCCCCCCCCCCCCCCCCCCCC)COP(=O)([O-])OCC[N+](C)(C)C. The topological polar surface area (TPSA) is 111 Å². The summed E-state index contributed by atoms with van der Waals surface area (Å²) >= 11 is 0. The van der Waals surface area contributed by atoms with E-state index in [4.69, 9.17) is 18.5 Å². The van der Waals surface area contributed by atoms with E-state index in [9.17, 15) is 19.0 Å². The molecule has 0 aliphatic rings. The molecule has 2 atom stereocenters. The van der Waals surface area contributed by atoms with Gasteiger partial charge in [0, 0.05) is 12.8 Å². The first-order valence-corrected chi connectivity index (χ1v) is 37.4. The highest BCUT2D eigenvalue weighted by atomic mass is 31.2. The number of nitrogens with zero attached hydrogens (tertiary/aromatic N) is 1. The third kappa shape index (κ3) is 70.0. The van der Waals surface area contributed by atoms with Crippen molar-refractivity contribution in [1.29, 1.82) is 0 Å². The third-order valence-corrected chi connectivity index (χ3v) is 16.6. The van der Waals surface area contributed by atoms with Gasteiger partial charge >= 0.3 is 11.9 Å². The minimum absolute atomic E-state index is 0.0371. The Morgan fingerprint density at radius 3 is 0.988 bits per heavy atom. The van der Waals surface area contributed by atoms with Crippen molar-refractivity contribution in [3.05, 3.63) is 97.2 Å². The van der Waals surface area contributed by atoms with Gasteiger partial charge in [-0.3, -0.25) is 14.2 Å². The Morgan fingerprint density at radius 1 is 0.372 bits per heavy atom. The van der Waals surface area contributed by atoms with Crippen LogP contribution < -0.4 is 4.89 Å². The summed E-state index contributed by atoms with van der Waals surface area (Å²) in [7, 11) is 1.15. The molecule has 0 N–H and O–H groups in total. The Labute approximate surface area is 532 Å². The lowest BCUT2D eigenvalue weighted by atomic mass is 10.0. The van der Waals surface area contributed by atoms with Crippen LogP contribution in [0.3, 0.4) is 0 Å². The van der Waals surface area contributed by atoms with Crippen LogP contribution in [0.1, 0.15) is 322 Å². The molecule has 0 aliphatic heterocycles. The first kappa shape index (κ1) is 82.9. The molecule has 0 fully saturated rings. The molecule has 0 aromatic rings. The number of allylic oxidation sites excluding steroid dienone is 16. The Morgan fingerprint density at radius 2 is 0.663 bits per heavy atom. The summed E-state index contributed by atoms with van der Waals surface area (Å²) in [6.07, 6.45) is 92.1. The number of rotatable bonds is 66. The van der Waals surface area contributed by atoms with Crippen LogP contribution in [-0.4, -0.2) is 70.0 Å². The second kappa shape index (κ2) is 66.4. The highest BCUT2D eigenvalue weighted by molar-refractivity contribution is 7.45. The van der Waals surface area contributed by atoms with E-state index in [0.29, 0.717) is 17.4 Å². The van der Waals surface area contributed by atoms with Crippen molar-refractivity contribution in [2.45, 2.75) is 328 Å². The van der Waals surface area contributed by atoms with Crippen molar-refractivity contribution < 1.29 is 42.1 Å². The largest absolute Gasteiger partial charge is 0.756 e. The van der Waals surface area contributed by atoms with Crippen LogP contribution in [0.2, 0.25) is 0 Å². The molecule has 0 heterocycles. The molecule has 0 aromatic carbocycles. The summed E-state index contributed by atoms with van der Waals surface area (Å²) in [4.78, 5) is 38.1. The van der Waals surface area contributed by atoms with Gasteiger partial charge in [0.2, 0.25) is 0 Å². The van der Waals surface area contributed by atoms with Gasteiger partial charge in [-0.2, -0.15) is 0 Å². The summed E-state index contributed by atoms with van der Waals surface area (Å²) < 4.78 is 34.3. The van der Waals surface area contributed by atoms with Crippen LogP contribution in [0, 0.1) is 0 Å². The van der Waals surface area contributed by atoms with Gasteiger partial charge in [-0.1, -0.05) is 329 Å². The van der Waals surface area contributed by atoms with E-state index in [0.717, 1.165) is 109 Å². The normalized spacial score (nSPS) is 13.7. The quantitative estimate of drug-likeness (QED) is 0.0195. The minimum atomic E-state index is -4.65. The lowest BCUT2D eigenvalue weighted by Gasteiger charge is -2.28. The first-order valence-electron chi connectivity index (χ1n) is 35.9. The van der Waals surface area contributed by atoms with Crippen molar-refractivity contribution in [2.75, 3.05) is 47.5 Å². The van der Waals surface area contributed by atoms with Gasteiger partial charge in [-0.05, 0) is 77.0 Å². The predicted molar refractivity (Wildman–Crippen MR) is 369 cm³/mol. The molecule has 0 aromatic heterocycles. The molecule has 86 heavy (non-hydrogen) atoms. The predicted octanol–water partition coefficient (Wildman–Crippen LogP) is 22.9. The lowest BCUT2D eigenvalue weighted by molar-refractivity contribution is -0.870. The highest BCUT2D eigenvalue weighted by Crippen LogP contribution is 2.38. The molecular weight excluding hydrogens is 1090 g/mol. The summed E-state index contributed by atoms with van der Waals surface area (Å²) in [5.74, 6) is -0.843. The lowest BCUT2D eigenvalue weighted by Crippen LogP contribution is -2.37. The number of carbonyl (C=O) groups is 2. The van der Waals surface area contributed by atoms with E-state index in [1.807, 2.05) is 21.1 Å². The van der Waals surface area contributed by atoms with Gasteiger partial charge in [0.05, 0.1) is 27.7 Å². The van der Waals surface area contributed by atoms with Crippen molar-refractivity contribution in [3.63, 3.8) is 0 Å². The fraction of sp³-hybridized carbons (Fsp3) is 0.763. The number of hydrogen-bond donors (Lipinski definition) is 0. The van der Waals surface area contributed by atoms with Crippen LogP contribution in [0.4, 0.5) is 0 Å². The number of hydrogen-bond acceptors (Lipinski definition) is 8. The van der Waals surface area contributed by atoms with Crippen LogP contribution in [0.25, 0.3) is 0 Å². The molecule has 0 saturated heterocycles. The molecule has 0 amide bonds. The van der Waals surface area contributed by atoms with Crippen molar-refractivity contribution >= 4 is 19.8 Å². The monoisotopic (exact) mass is 1220 g/mol. The molecular formula is C76H136NO8P. The second-order valence-electron chi connectivity index (χ2n) is 25.2. The van der Waals surface area contributed by atoms with Gasteiger partial charge < -0.3 is 27.9 Å². The molecule has 0 saturated carbocycles. The van der Waals surface area contributed by atoms with Crippen LogP contribution >= 0.6 is 7.82 Å². The fourth-order valence-electron chi connectivity index (χ4n) is 10.1. The average molecular weight is 1220 g/mol. The Bertz CT molecular complexity index is 1770. The van der Waals surface area contributed by atoms with E-state index in [1.54, 1.807) is 0 Å². The van der Waals surface area contributed by atoms with E-state index in [2.05, 4.69) is 111 Å². The molecule has 0 rings (SSSR count). The number of phosphoric ester groups is 1. The number of ether oxygens (including phenoxy) is 2. The molecule has 10 heteroatoms. The maximum atomic E-state index is 12.9. The fourth-order valence-corrected chi connectivity index (χ4v) is 10.9. The maximum Gasteiger partial charge on any atom is 0.306 e. The van der Waals surface area contributed by atoms with E-state index in [-0.39, 0.29) is 32.0 Å². The number of quaternary nitrogens is 1. The Balaban J connectivity index is 4.07. The van der Waals surface area contributed by atoms with Crippen LogP contribution in [0.5, 0.6) is 0 Å². The van der Waals surface area contributed by atoms with E-state index in [1.165, 1.54) is 180 Å². The average Bonchev–Trinajstić information content (AvgIpc) is 3.56. The summed E-state index contributed by atoms with van der Waals surface area (Å²) in [5.41, 5.74) is 0. The van der Waals surface area contributed by atoms with Gasteiger partial charge in [0.15, 0.2) is 6.10 Å². The first-order chi connectivity index (χ1) is 42.0. The molecule has 498 valence electrons. The van der Waals surface area contributed by atoms with Crippen molar-refractivity contribution in [1.82, 2.24) is 0 Å². The van der Waals surface area contributed by atoms with Crippen LogP contribution in [-0.2, 0) is 32.7 Å². The summed E-state index contributed by atoms with van der Waals surface area (Å²) in [6.45, 7) is 4.15. The zero-order valence-electron chi connectivity index (χ0n) is 56.7. The standard InChI is InChI=1S/C76H136NO8P/c1-6-8-10-12-14-16-18-20-22-24-26-28-30-32-34-36-38-40-42-44-46-48-50-52-54-56-58-60-62-64-66-68-75(78)82-72-74(73-84-86(80,81)83-71-70-77(3,4)5)85-76(79)69-67-65-63-61-59-57-55-53-51-49-47-45-43-41-39-37-35-33-31-29-27-25-23-21-19-17-15-13-11-9-7-2/h9,11,15,17,21,23,27,29,33,35,39,41,45,47,51,53,74H,6-8,10,12-14,16,18-20,22,24-26,28,30-32,34,36-38,40,42-44,46,48-50,52,54-73H2,1-5H3/b11-9-,17-15-,23-21-,29-27-,35-33-,41-39-,47-45-,53-51-. The zero-order valence-corrected chi connectivity index (χ0v) is 57.6. The Hall–Kier alpha value is -3.07. The highest BCUT2D eigenvalue weighted by Gasteiger charge is 2.22. The number of likely N-dealkylation sites (N-methyl/N-ethyl adjacent to an activating group) is 1. The smallest absolute Gasteiger partial charge is 0.306 e. The van der Waals surface area contributed by atoms with Gasteiger partial charge in [-0.15, -0.1) is 0 Å². The summed E-state index contributed by atoms with van der Waals surface area (Å²) in [6, 6.07) is 0. The second-order valence-corrected chi connectivity index (χ2v) is 26.6. The van der Waals surface area contributed by atoms with Gasteiger partial charge in [0.25, 0.3) is 7.82 Å². The third-order valence-electron chi connectivity index (χ3n) is 15.6. The number of phosphoric acid groups is 1. The van der Waals surface area contributed by atoms with Gasteiger partial charge in [0.1, 0.15) is 19.8 Å². The van der Waals surface area contributed by atoms with Crippen molar-refractivity contribution in [3.8, 4) is 0 Å². The Kier molecular flexibility index (Phi) is 64.0. The molecule has 0 bridgehead atoms. The molecule has 0 aliphatic carbocycles. The van der Waals surface area contributed by atoms with E-state index < -0.39 is 26.5 Å². The molecule has 0 radical (unpaired) electrons. The van der Waals surface area contributed by atoms with Crippen LogP contribution in [0.15, 0.2) is 97.2 Å². The molecule has 2 unspecified atom stereocenters. The minimum Gasteiger partial charge on any atom is -0.756 e. The number of esters is 2.